The summed E-state index contributed by atoms with van der Waals surface area (Å²) in [6, 6.07) is 24.3. The smallest absolute Gasteiger partial charge is 0.352 e. The third-order valence-corrected chi connectivity index (χ3v) is 6.16. The minimum atomic E-state index is -0.926. The summed E-state index contributed by atoms with van der Waals surface area (Å²) in [5, 5.41) is 14.6. The Kier molecular flexibility index (Phi) is 6.80. The third-order valence-electron chi connectivity index (χ3n) is 6.16. The highest BCUT2D eigenvalue weighted by molar-refractivity contribution is 5.98. The minimum absolute atomic E-state index is 0.318. The minimum Gasteiger partial charge on any atom is -0.497 e. The number of methoxy groups -OCH3 is 1. The quantitative estimate of drug-likeness (QED) is 0.354. The average molecular weight is 443 g/mol. The van der Waals surface area contributed by atoms with Crippen LogP contribution in [0.15, 0.2) is 72.8 Å². The van der Waals surface area contributed by atoms with E-state index in [0.29, 0.717) is 30.5 Å². The van der Waals surface area contributed by atoms with E-state index in [4.69, 9.17) is 4.74 Å². The first kappa shape index (κ1) is 22.6. The number of ether oxygens (including phenoxy) is 1. The van der Waals surface area contributed by atoms with Crippen LogP contribution in [0, 0.1) is 6.92 Å². The van der Waals surface area contributed by atoms with Gasteiger partial charge in [0.1, 0.15) is 11.4 Å². The summed E-state index contributed by atoms with van der Waals surface area (Å²) in [6.45, 7) is 5.92. The van der Waals surface area contributed by atoms with E-state index < -0.39 is 5.97 Å². The number of fused-ring (bicyclic) bond motifs is 1. The number of nitrogens with zero attached hydrogens (tertiary/aromatic N) is 1. The molecule has 1 heterocycles. The number of aromatic nitrogens is 1. The van der Waals surface area contributed by atoms with E-state index in [0.717, 1.165) is 28.6 Å². The van der Waals surface area contributed by atoms with E-state index in [1.807, 2.05) is 60.0 Å². The Hall–Kier alpha value is -3.57. The summed E-state index contributed by atoms with van der Waals surface area (Å²) in [5.74, 6) is 0.102. The van der Waals surface area contributed by atoms with Gasteiger partial charge < -0.3 is 19.7 Å². The molecule has 1 atom stereocenters. The van der Waals surface area contributed by atoms with Gasteiger partial charge in [-0.25, -0.2) is 4.79 Å². The SMILES string of the molecule is COc1ccc2c(CNC[C@H](C)c3ccccc3)c(C(=O)O)n(Cc3ccc(C)cc3)c2c1. The van der Waals surface area contributed by atoms with Gasteiger partial charge in [-0.15, -0.1) is 0 Å². The topological polar surface area (TPSA) is 63.5 Å². The first-order valence-electron chi connectivity index (χ1n) is 11.2. The number of hydrogen-bond acceptors (Lipinski definition) is 3. The van der Waals surface area contributed by atoms with Crippen LogP contribution in [0.3, 0.4) is 0 Å². The Morgan fingerprint density at radius 2 is 1.79 bits per heavy atom. The number of aryl methyl sites for hydroxylation is 1. The highest BCUT2D eigenvalue weighted by Crippen LogP contribution is 2.31. The molecule has 0 bridgehead atoms. The van der Waals surface area contributed by atoms with Crippen LogP contribution in [0.1, 0.15) is 45.6 Å². The molecule has 1 aromatic heterocycles. The zero-order chi connectivity index (χ0) is 23.4. The van der Waals surface area contributed by atoms with Crippen LogP contribution >= 0.6 is 0 Å². The lowest BCUT2D eigenvalue weighted by molar-refractivity contribution is 0.0684. The van der Waals surface area contributed by atoms with E-state index in [-0.39, 0.29) is 0 Å². The number of hydrogen-bond donors (Lipinski definition) is 2. The van der Waals surface area contributed by atoms with Gasteiger partial charge in [0.2, 0.25) is 0 Å². The molecule has 4 rings (SSSR count). The Morgan fingerprint density at radius 3 is 2.45 bits per heavy atom. The lowest BCUT2D eigenvalue weighted by atomic mass is 10.0. The molecule has 0 aliphatic rings. The number of rotatable bonds is 9. The maximum Gasteiger partial charge on any atom is 0.352 e. The fourth-order valence-corrected chi connectivity index (χ4v) is 4.30. The van der Waals surface area contributed by atoms with Crippen LogP contribution in [0.2, 0.25) is 0 Å². The second-order valence-electron chi connectivity index (χ2n) is 8.53. The van der Waals surface area contributed by atoms with E-state index >= 15 is 0 Å². The van der Waals surface area contributed by atoms with E-state index in [1.165, 1.54) is 11.1 Å². The maximum atomic E-state index is 12.4. The molecule has 0 fully saturated rings. The molecule has 0 saturated carbocycles. The van der Waals surface area contributed by atoms with E-state index in [2.05, 4.69) is 36.5 Å². The normalized spacial score (nSPS) is 12.1. The van der Waals surface area contributed by atoms with Gasteiger partial charge in [-0.1, -0.05) is 67.1 Å². The fourth-order valence-electron chi connectivity index (χ4n) is 4.30. The van der Waals surface area contributed by atoms with Crippen molar-refractivity contribution in [1.82, 2.24) is 9.88 Å². The molecule has 0 aliphatic heterocycles. The van der Waals surface area contributed by atoms with Gasteiger partial charge in [-0.05, 0) is 36.1 Å². The third kappa shape index (κ3) is 4.94. The first-order chi connectivity index (χ1) is 16.0. The molecule has 170 valence electrons. The summed E-state index contributed by atoms with van der Waals surface area (Å²) in [5.41, 5.74) is 5.47. The molecule has 3 aromatic carbocycles. The van der Waals surface area contributed by atoms with Crippen LogP contribution in [-0.2, 0) is 13.1 Å². The van der Waals surface area contributed by atoms with Crippen LogP contribution in [0.25, 0.3) is 10.9 Å². The predicted octanol–water partition coefficient (Wildman–Crippen LogP) is 5.60. The molecule has 0 aliphatic carbocycles. The van der Waals surface area contributed by atoms with Crippen molar-refractivity contribution in [2.75, 3.05) is 13.7 Å². The number of carboxylic acids is 1. The number of nitrogens with one attached hydrogen (secondary N) is 1. The zero-order valence-corrected chi connectivity index (χ0v) is 19.3. The number of aromatic carboxylic acids is 1. The lowest BCUT2D eigenvalue weighted by Crippen LogP contribution is -2.21. The highest BCUT2D eigenvalue weighted by atomic mass is 16.5. The van der Waals surface area contributed by atoms with Crippen molar-refractivity contribution in [2.24, 2.45) is 0 Å². The van der Waals surface area contributed by atoms with Crippen molar-refractivity contribution in [2.45, 2.75) is 32.9 Å². The Balaban J connectivity index is 1.69. The van der Waals surface area contributed by atoms with Gasteiger partial charge in [0, 0.05) is 36.7 Å². The second-order valence-corrected chi connectivity index (χ2v) is 8.53. The molecule has 5 nitrogen and oxygen atoms in total. The van der Waals surface area contributed by atoms with Crippen molar-refractivity contribution in [3.05, 3.63) is 101 Å². The summed E-state index contributed by atoms with van der Waals surface area (Å²) in [7, 11) is 1.62. The van der Waals surface area contributed by atoms with Crippen molar-refractivity contribution < 1.29 is 14.6 Å². The fraction of sp³-hybridized carbons (Fsp3) is 0.250. The van der Waals surface area contributed by atoms with Crippen molar-refractivity contribution in [1.29, 1.82) is 0 Å². The van der Waals surface area contributed by atoms with E-state index in [1.54, 1.807) is 7.11 Å². The molecular formula is C28H30N2O3. The summed E-state index contributed by atoms with van der Waals surface area (Å²) < 4.78 is 7.33. The van der Waals surface area contributed by atoms with Crippen molar-refractivity contribution >= 4 is 16.9 Å². The molecule has 0 saturated heterocycles. The second kappa shape index (κ2) is 9.92. The Morgan fingerprint density at radius 1 is 1.06 bits per heavy atom. The van der Waals surface area contributed by atoms with Gasteiger partial charge in [-0.2, -0.15) is 0 Å². The number of carbonyl (C=O) groups is 1. The van der Waals surface area contributed by atoms with Gasteiger partial charge >= 0.3 is 5.97 Å². The lowest BCUT2D eigenvalue weighted by Gasteiger charge is -2.14. The molecule has 2 N–H and O–H groups in total. The molecule has 5 heteroatoms. The monoisotopic (exact) mass is 442 g/mol. The summed E-state index contributed by atoms with van der Waals surface area (Å²) in [4.78, 5) is 12.4. The number of carboxylic acid groups (broad SMARTS) is 1. The Labute approximate surface area is 194 Å². The van der Waals surface area contributed by atoms with Crippen molar-refractivity contribution in [3.8, 4) is 5.75 Å². The van der Waals surface area contributed by atoms with Crippen molar-refractivity contribution in [3.63, 3.8) is 0 Å². The largest absolute Gasteiger partial charge is 0.497 e. The predicted molar refractivity (Wildman–Crippen MR) is 132 cm³/mol. The summed E-state index contributed by atoms with van der Waals surface area (Å²) >= 11 is 0. The van der Waals surface area contributed by atoms with Crippen LogP contribution in [0.5, 0.6) is 5.75 Å². The average Bonchev–Trinajstić information content (AvgIpc) is 3.13. The maximum absolute atomic E-state index is 12.4. The molecule has 0 radical (unpaired) electrons. The molecule has 0 spiro atoms. The molecule has 4 aromatic rings. The summed E-state index contributed by atoms with van der Waals surface area (Å²) in [6.07, 6.45) is 0. The molecule has 0 unspecified atom stereocenters. The van der Waals surface area contributed by atoms with E-state index in [9.17, 15) is 9.90 Å². The highest BCUT2D eigenvalue weighted by Gasteiger charge is 2.23. The standard InChI is InChI=1S/C28H30N2O3/c1-19-9-11-21(12-10-19)18-30-26-15-23(33-3)13-14-24(26)25(27(30)28(31)32)17-29-16-20(2)22-7-5-4-6-8-22/h4-15,20,29H,16-18H2,1-3H3,(H,31,32)/t20-/m0/s1. The van der Waals surface area contributed by atoms with Gasteiger partial charge in [0.25, 0.3) is 0 Å². The molecule has 0 amide bonds. The van der Waals surface area contributed by atoms with Crippen LogP contribution in [0.4, 0.5) is 0 Å². The number of benzene rings is 3. The van der Waals surface area contributed by atoms with Gasteiger partial charge in [0.05, 0.1) is 12.6 Å². The zero-order valence-electron chi connectivity index (χ0n) is 19.3. The molecule has 33 heavy (non-hydrogen) atoms. The van der Waals surface area contributed by atoms with Crippen LogP contribution in [-0.4, -0.2) is 29.3 Å². The Bertz CT molecular complexity index is 1240. The van der Waals surface area contributed by atoms with Crippen LogP contribution < -0.4 is 10.1 Å². The molecular weight excluding hydrogens is 412 g/mol. The first-order valence-corrected chi connectivity index (χ1v) is 11.2. The van der Waals surface area contributed by atoms with Gasteiger partial charge in [-0.3, -0.25) is 0 Å². The van der Waals surface area contributed by atoms with Gasteiger partial charge in [0.15, 0.2) is 0 Å².